The molecule has 0 spiro atoms. The van der Waals surface area contributed by atoms with Crippen LogP contribution in [0.25, 0.3) is 11.0 Å². The Morgan fingerprint density at radius 3 is 2.74 bits per heavy atom. The van der Waals surface area contributed by atoms with Gasteiger partial charge in [-0.3, -0.25) is 5.84 Å². The van der Waals surface area contributed by atoms with E-state index in [1.165, 1.54) is 6.07 Å². The largest absolute Gasteiger partial charge is 0.456 e. The first-order valence-electron chi connectivity index (χ1n) is 6.19. The summed E-state index contributed by atoms with van der Waals surface area (Å²) in [6.45, 7) is 6.43. The zero-order chi connectivity index (χ0) is 14.0. The van der Waals surface area contributed by atoms with E-state index in [-0.39, 0.29) is 16.6 Å². The highest BCUT2D eigenvalue weighted by molar-refractivity contribution is 8.00. The van der Waals surface area contributed by atoms with Crippen molar-refractivity contribution in [3.05, 3.63) is 35.8 Å². The summed E-state index contributed by atoms with van der Waals surface area (Å²) in [6.07, 6.45) is 0. The summed E-state index contributed by atoms with van der Waals surface area (Å²) in [5.41, 5.74) is 3.02. The van der Waals surface area contributed by atoms with Crippen LogP contribution in [-0.4, -0.2) is 10.5 Å². The second-order valence-corrected chi connectivity index (χ2v) is 7.30. The van der Waals surface area contributed by atoms with Crippen LogP contribution in [-0.2, 0) is 0 Å². The predicted octanol–water partition coefficient (Wildman–Crippen LogP) is 3.61. The number of hydrogen-bond acceptors (Lipinski definition) is 4. The maximum absolute atomic E-state index is 13.6. The Morgan fingerprint density at radius 2 is 2.16 bits per heavy atom. The molecule has 1 aromatic carbocycles. The molecule has 0 fully saturated rings. The van der Waals surface area contributed by atoms with Crippen LogP contribution >= 0.6 is 11.8 Å². The molecule has 2 rings (SSSR count). The summed E-state index contributed by atoms with van der Waals surface area (Å²) in [5, 5.41) is 0.760. The van der Waals surface area contributed by atoms with Crippen molar-refractivity contribution < 1.29 is 8.81 Å². The standard InChI is InChI=1S/C14H19FN2OS/c1-14(2,3)19-8-11(17-16)12-7-9-5-4-6-10(15)13(9)18-12/h4-7,11,17H,8,16H2,1-3H3. The van der Waals surface area contributed by atoms with E-state index in [1.807, 2.05) is 12.1 Å². The van der Waals surface area contributed by atoms with Crippen molar-refractivity contribution in [3.63, 3.8) is 0 Å². The van der Waals surface area contributed by atoms with E-state index in [9.17, 15) is 4.39 Å². The van der Waals surface area contributed by atoms with Gasteiger partial charge in [0.15, 0.2) is 11.4 Å². The lowest BCUT2D eigenvalue weighted by Crippen LogP contribution is -2.30. The molecule has 0 saturated carbocycles. The molecule has 0 radical (unpaired) electrons. The number of nitrogens with two attached hydrogens (primary N) is 1. The van der Waals surface area contributed by atoms with Crippen molar-refractivity contribution in [3.8, 4) is 0 Å². The number of fused-ring (bicyclic) bond motifs is 1. The molecule has 1 aromatic heterocycles. The van der Waals surface area contributed by atoms with E-state index >= 15 is 0 Å². The van der Waals surface area contributed by atoms with Crippen molar-refractivity contribution in [1.82, 2.24) is 5.43 Å². The smallest absolute Gasteiger partial charge is 0.169 e. The van der Waals surface area contributed by atoms with E-state index in [1.54, 1.807) is 17.8 Å². The molecule has 19 heavy (non-hydrogen) atoms. The quantitative estimate of drug-likeness (QED) is 0.664. The molecule has 3 nitrogen and oxygen atoms in total. The zero-order valence-electron chi connectivity index (χ0n) is 11.4. The molecule has 2 aromatic rings. The molecule has 0 aliphatic carbocycles. The summed E-state index contributed by atoms with van der Waals surface area (Å²) >= 11 is 1.78. The fourth-order valence-electron chi connectivity index (χ4n) is 1.76. The van der Waals surface area contributed by atoms with E-state index in [4.69, 9.17) is 10.3 Å². The molecule has 0 aliphatic rings. The fourth-order valence-corrected chi connectivity index (χ4v) is 2.69. The molecule has 1 atom stereocenters. The number of nitrogens with one attached hydrogen (secondary N) is 1. The first kappa shape index (κ1) is 14.4. The van der Waals surface area contributed by atoms with Crippen LogP contribution in [0.5, 0.6) is 0 Å². The maximum Gasteiger partial charge on any atom is 0.169 e. The summed E-state index contributed by atoms with van der Waals surface area (Å²) in [5.74, 6) is 6.66. The van der Waals surface area contributed by atoms with Crippen molar-refractivity contribution in [2.45, 2.75) is 31.6 Å². The summed E-state index contributed by atoms with van der Waals surface area (Å²) < 4.78 is 19.3. The molecular formula is C14H19FN2OS. The van der Waals surface area contributed by atoms with Crippen LogP contribution < -0.4 is 11.3 Å². The first-order valence-corrected chi connectivity index (χ1v) is 7.17. The van der Waals surface area contributed by atoms with Gasteiger partial charge in [-0.05, 0) is 12.1 Å². The highest BCUT2D eigenvalue weighted by Crippen LogP contribution is 2.31. The second-order valence-electron chi connectivity index (χ2n) is 5.45. The Bertz CT molecular complexity index is 562. The minimum Gasteiger partial charge on any atom is -0.456 e. The Balaban J connectivity index is 2.23. The highest BCUT2D eigenvalue weighted by atomic mass is 32.2. The zero-order valence-corrected chi connectivity index (χ0v) is 12.2. The number of benzene rings is 1. The van der Waals surface area contributed by atoms with E-state index in [2.05, 4.69) is 26.2 Å². The van der Waals surface area contributed by atoms with Crippen LogP contribution in [0.1, 0.15) is 32.6 Å². The van der Waals surface area contributed by atoms with Crippen LogP contribution in [0.15, 0.2) is 28.7 Å². The van der Waals surface area contributed by atoms with Gasteiger partial charge in [-0.2, -0.15) is 11.8 Å². The third kappa shape index (κ3) is 3.49. The van der Waals surface area contributed by atoms with Crippen LogP contribution in [0.2, 0.25) is 0 Å². The molecule has 0 amide bonds. The molecule has 0 bridgehead atoms. The van der Waals surface area contributed by atoms with Crippen LogP contribution in [0.4, 0.5) is 4.39 Å². The molecule has 104 valence electrons. The van der Waals surface area contributed by atoms with E-state index < -0.39 is 0 Å². The molecule has 0 saturated heterocycles. The first-order chi connectivity index (χ1) is 8.90. The predicted molar refractivity (Wildman–Crippen MR) is 78.4 cm³/mol. The Kier molecular flexibility index (Phi) is 4.18. The Labute approximate surface area is 116 Å². The van der Waals surface area contributed by atoms with Gasteiger partial charge in [0.2, 0.25) is 0 Å². The van der Waals surface area contributed by atoms with Gasteiger partial charge in [-0.15, -0.1) is 0 Å². The molecular weight excluding hydrogens is 263 g/mol. The van der Waals surface area contributed by atoms with Gasteiger partial charge < -0.3 is 4.42 Å². The number of halogens is 1. The molecule has 1 heterocycles. The van der Waals surface area contributed by atoms with Crippen molar-refractivity contribution in [1.29, 1.82) is 0 Å². The van der Waals surface area contributed by atoms with E-state index in [0.29, 0.717) is 11.3 Å². The maximum atomic E-state index is 13.6. The lowest BCUT2D eigenvalue weighted by Gasteiger charge is -2.21. The number of thioether (sulfide) groups is 1. The summed E-state index contributed by atoms with van der Waals surface area (Å²) in [7, 11) is 0. The third-order valence-corrected chi connectivity index (χ3v) is 4.11. The van der Waals surface area contributed by atoms with E-state index in [0.717, 1.165) is 11.1 Å². The Morgan fingerprint density at radius 1 is 1.42 bits per heavy atom. The number of hydrazine groups is 1. The number of furan rings is 1. The van der Waals surface area contributed by atoms with Crippen LogP contribution in [0, 0.1) is 5.82 Å². The average Bonchev–Trinajstić information content (AvgIpc) is 2.73. The average molecular weight is 282 g/mol. The van der Waals surface area contributed by atoms with Gasteiger partial charge in [0.05, 0.1) is 6.04 Å². The minimum atomic E-state index is -0.344. The second kappa shape index (κ2) is 5.53. The SMILES string of the molecule is CC(C)(C)SCC(NN)c1cc2cccc(F)c2o1. The van der Waals surface area contributed by atoms with Gasteiger partial charge in [-0.25, -0.2) is 9.82 Å². The lowest BCUT2D eigenvalue weighted by molar-refractivity contribution is 0.453. The minimum absolute atomic E-state index is 0.129. The van der Waals surface area contributed by atoms with Gasteiger partial charge in [0.1, 0.15) is 5.76 Å². The summed E-state index contributed by atoms with van der Waals surface area (Å²) in [6, 6.07) is 6.61. The number of hydrogen-bond donors (Lipinski definition) is 2. The van der Waals surface area contributed by atoms with Crippen molar-refractivity contribution in [2.75, 3.05) is 5.75 Å². The van der Waals surface area contributed by atoms with Gasteiger partial charge in [0.25, 0.3) is 0 Å². The van der Waals surface area contributed by atoms with Gasteiger partial charge >= 0.3 is 0 Å². The fraction of sp³-hybridized carbons (Fsp3) is 0.429. The van der Waals surface area contributed by atoms with Crippen LogP contribution in [0.3, 0.4) is 0 Å². The van der Waals surface area contributed by atoms with Gasteiger partial charge in [0, 0.05) is 15.9 Å². The molecule has 3 N–H and O–H groups in total. The van der Waals surface area contributed by atoms with Crippen molar-refractivity contribution >= 4 is 22.7 Å². The molecule has 1 unspecified atom stereocenters. The van der Waals surface area contributed by atoms with Gasteiger partial charge in [-0.1, -0.05) is 32.9 Å². The lowest BCUT2D eigenvalue weighted by atomic mass is 10.2. The molecule has 0 aliphatic heterocycles. The number of para-hydroxylation sites is 1. The third-order valence-electron chi connectivity index (χ3n) is 2.74. The van der Waals surface area contributed by atoms with Crippen molar-refractivity contribution in [2.24, 2.45) is 5.84 Å². The monoisotopic (exact) mass is 282 g/mol. The summed E-state index contributed by atoms with van der Waals surface area (Å²) in [4.78, 5) is 0. The normalized spacial score (nSPS) is 13.9. The topological polar surface area (TPSA) is 51.2 Å². The highest BCUT2D eigenvalue weighted by Gasteiger charge is 2.20. The molecule has 5 heteroatoms. The number of rotatable bonds is 4. The Hall–Kier alpha value is -1.04.